The van der Waals surface area contributed by atoms with Gasteiger partial charge in [0.1, 0.15) is 5.75 Å². The number of benzene rings is 3. The van der Waals surface area contributed by atoms with Gasteiger partial charge >= 0.3 is 11.8 Å². The molecule has 3 aromatic carbocycles. The number of nitrogens with one attached hydrogen (secondary N) is 3. The van der Waals surface area contributed by atoms with Crippen LogP contribution in [0.3, 0.4) is 0 Å². The van der Waals surface area contributed by atoms with Gasteiger partial charge in [0.2, 0.25) is 0 Å². The number of ether oxygens (including phenoxy) is 1. The van der Waals surface area contributed by atoms with E-state index in [0.29, 0.717) is 30.0 Å². The van der Waals surface area contributed by atoms with Gasteiger partial charge in [-0.15, -0.1) is 0 Å². The summed E-state index contributed by atoms with van der Waals surface area (Å²) in [4.78, 5) is 36.2. The fourth-order valence-corrected chi connectivity index (χ4v) is 3.13. The molecule has 0 aliphatic rings. The third-order valence-corrected chi connectivity index (χ3v) is 5.19. The average molecular weight is 473 g/mol. The average Bonchev–Trinajstić information content (AvgIpc) is 2.86. The zero-order valence-corrected chi connectivity index (χ0v) is 19.7. The Balaban J connectivity index is 1.46. The lowest BCUT2D eigenvalue weighted by atomic mass is 10.1. The summed E-state index contributed by atoms with van der Waals surface area (Å²) < 4.78 is 5.63. The van der Waals surface area contributed by atoms with Gasteiger partial charge in [-0.3, -0.25) is 14.4 Å². The fourth-order valence-electron chi connectivity index (χ4n) is 3.13. The zero-order valence-electron chi connectivity index (χ0n) is 19.7. The first-order valence-corrected chi connectivity index (χ1v) is 11.2. The van der Waals surface area contributed by atoms with Gasteiger partial charge in [-0.25, -0.2) is 5.43 Å². The number of hydrazone groups is 1. The highest BCUT2D eigenvalue weighted by atomic mass is 16.5. The number of hydrogen-bond acceptors (Lipinski definition) is 5. The Kier molecular flexibility index (Phi) is 9.13. The molecule has 0 saturated carbocycles. The first-order chi connectivity index (χ1) is 16.9. The minimum Gasteiger partial charge on any atom is -0.483 e. The van der Waals surface area contributed by atoms with Crippen molar-refractivity contribution in [2.75, 3.05) is 18.5 Å². The van der Waals surface area contributed by atoms with E-state index in [9.17, 15) is 14.4 Å². The number of carbonyl (C=O) groups is 3. The Labute approximate surface area is 204 Å². The molecule has 0 spiro atoms. The van der Waals surface area contributed by atoms with Gasteiger partial charge in [0.15, 0.2) is 6.61 Å². The molecule has 0 radical (unpaired) electrons. The molecule has 3 amide bonds. The molecule has 3 rings (SSSR count). The molecule has 0 bridgehead atoms. The fraction of sp³-hybridized carbons (Fsp3) is 0.185. The molecule has 3 N–H and O–H groups in total. The van der Waals surface area contributed by atoms with E-state index in [2.05, 4.69) is 21.2 Å². The molecule has 8 nitrogen and oxygen atoms in total. The van der Waals surface area contributed by atoms with E-state index in [-0.39, 0.29) is 12.5 Å². The van der Waals surface area contributed by atoms with Gasteiger partial charge in [-0.1, -0.05) is 48.5 Å². The molecule has 0 fully saturated rings. The third kappa shape index (κ3) is 8.12. The summed E-state index contributed by atoms with van der Waals surface area (Å²) in [6, 6.07) is 22.2. The second-order valence-electron chi connectivity index (χ2n) is 7.86. The SMILES string of the molecule is Cc1ccc(NC(=O)COc2ccccc2/C=N\NC(=O)C(=O)NCCc2ccccc2)cc1C. The van der Waals surface area contributed by atoms with Gasteiger partial charge in [0.25, 0.3) is 5.91 Å². The van der Waals surface area contributed by atoms with Crippen LogP contribution in [0.5, 0.6) is 5.75 Å². The lowest BCUT2D eigenvalue weighted by molar-refractivity contribution is -0.139. The second-order valence-corrected chi connectivity index (χ2v) is 7.86. The van der Waals surface area contributed by atoms with Crippen molar-refractivity contribution >= 4 is 29.6 Å². The van der Waals surface area contributed by atoms with E-state index in [1.807, 2.05) is 62.4 Å². The quantitative estimate of drug-likeness (QED) is 0.253. The van der Waals surface area contributed by atoms with E-state index in [1.54, 1.807) is 24.3 Å². The van der Waals surface area contributed by atoms with Crippen LogP contribution in [0.15, 0.2) is 77.9 Å². The van der Waals surface area contributed by atoms with Crippen LogP contribution < -0.4 is 20.8 Å². The maximum Gasteiger partial charge on any atom is 0.329 e. The lowest BCUT2D eigenvalue weighted by Gasteiger charge is -2.10. The van der Waals surface area contributed by atoms with Crippen molar-refractivity contribution in [3.63, 3.8) is 0 Å². The topological polar surface area (TPSA) is 109 Å². The molecule has 8 heteroatoms. The summed E-state index contributed by atoms with van der Waals surface area (Å²) in [5.41, 5.74) is 6.72. The van der Waals surface area contributed by atoms with Crippen molar-refractivity contribution in [1.82, 2.24) is 10.7 Å². The molecule has 0 aliphatic carbocycles. The normalized spacial score (nSPS) is 10.6. The number of aryl methyl sites for hydroxylation is 2. The van der Waals surface area contributed by atoms with Crippen LogP contribution in [0.25, 0.3) is 0 Å². The monoisotopic (exact) mass is 472 g/mol. The molecule has 0 unspecified atom stereocenters. The lowest BCUT2D eigenvalue weighted by Crippen LogP contribution is -2.38. The number of carbonyl (C=O) groups excluding carboxylic acids is 3. The third-order valence-electron chi connectivity index (χ3n) is 5.19. The van der Waals surface area contributed by atoms with Gasteiger partial charge < -0.3 is 15.4 Å². The Morgan fingerprint density at radius 1 is 0.886 bits per heavy atom. The standard InChI is InChI=1S/C27H28N4O4/c1-19-12-13-23(16-20(19)2)30-25(32)18-35-24-11-7-6-10-22(24)17-29-31-27(34)26(33)28-15-14-21-8-4-3-5-9-21/h3-13,16-17H,14-15,18H2,1-2H3,(H,28,33)(H,30,32)(H,31,34)/b29-17-. The van der Waals surface area contributed by atoms with E-state index in [0.717, 1.165) is 16.7 Å². The molecule has 0 aliphatic heterocycles. The Bertz CT molecular complexity index is 1210. The van der Waals surface area contributed by atoms with Crippen molar-refractivity contribution in [1.29, 1.82) is 0 Å². The summed E-state index contributed by atoms with van der Waals surface area (Å²) in [5.74, 6) is -1.54. The number of amides is 3. The van der Waals surface area contributed by atoms with Crippen molar-refractivity contribution in [2.24, 2.45) is 5.10 Å². The van der Waals surface area contributed by atoms with Crippen LogP contribution in [0.4, 0.5) is 5.69 Å². The Morgan fingerprint density at radius 2 is 1.63 bits per heavy atom. The number of nitrogens with zero attached hydrogens (tertiary/aromatic N) is 1. The largest absolute Gasteiger partial charge is 0.483 e. The molecule has 3 aromatic rings. The zero-order chi connectivity index (χ0) is 25.0. The molecule has 0 saturated heterocycles. The highest BCUT2D eigenvalue weighted by molar-refractivity contribution is 6.35. The summed E-state index contributed by atoms with van der Waals surface area (Å²) in [6.07, 6.45) is 1.97. The molecule has 35 heavy (non-hydrogen) atoms. The first-order valence-electron chi connectivity index (χ1n) is 11.2. The number of rotatable bonds is 9. The molecule has 0 atom stereocenters. The highest BCUT2D eigenvalue weighted by Gasteiger charge is 2.12. The second kappa shape index (κ2) is 12.7. The van der Waals surface area contributed by atoms with Crippen LogP contribution >= 0.6 is 0 Å². The molecular formula is C27H28N4O4. The van der Waals surface area contributed by atoms with Crippen molar-refractivity contribution in [3.05, 3.63) is 95.1 Å². The first kappa shape index (κ1) is 25.2. The van der Waals surface area contributed by atoms with Crippen molar-refractivity contribution < 1.29 is 19.1 Å². The predicted octanol–water partition coefficient (Wildman–Crippen LogP) is 3.13. The summed E-state index contributed by atoms with van der Waals surface area (Å²) in [7, 11) is 0. The molecule has 180 valence electrons. The molecule has 0 aromatic heterocycles. The van der Waals surface area contributed by atoms with Crippen LogP contribution in [-0.4, -0.2) is 37.1 Å². The van der Waals surface area contributed by atoms with Crippen LogP contribution in [0.2, 0.25) is 0 Å². The van der Waals surface area contributed by atoms with E-state index >= 15 is 0 Å². The van der Waals surface area contributed by atoms with Crippen molar-refractivity contribution in [2.45, 2.75) is 20.3 Å². The van der Waals surface area contributed by atoms with Gasteiger partial charge in [-0.2, -0.15) is 5.10 Å². The van der Waals surface area contributed by atoms with Crippen LogP contribution in [0, 0.1) is 13.8 Å². The van der Waals surface area contributed by atoms with E-state index < -0.39 is 11.8 Å². The van der Waals surface area contributed by atoms with Crippen molar-refractivity contribution in [3.8, 4) is 5.75 Å². The van der Waals surface area contributed by atoms with Crippen LogP contribution in [0.1, 0.15) is 22.3 Å². The highest BCUT2D eigenvalue weighted by Crippen LogP contribution is 2.17. The predicted molar refractivity (Wildman–Crippen MR) is 135 cm³/mol. The Hall–Kier alpha value is -4.46. The summed E-state index contributed by atoms with van der Waals surface area (Å²) in [5, 5.41) is 9.19. The van der Waals surface area contributed by atoms with E-state index in [1.165, 1.54) is 6.21 Å². The van der Waals surface area contributed by atoms with E-state index in [4.69, 9.17) is 4.74 Å². The molecular weight excluding hydrogens is 444 g/mol. The smallest absolute Gasteiger partial charge is 0.329 e. The molecule has 0 heterocycles. The van der Waals surface area contributed by atoms with Gasteiger partial charge in [0, 0.05) is 17.8 Å². The van der Waals surface area contributed by atoms with Crippen LogP contribution in [-0.2, 0) is 20.8 Å². The Morgan fingerprint density at radius 3 is 2.40 bits per heavy atom. The summed E-state index contributed by atoms with van der Waals surface area (Å²) in [6.45, 7) is 4.11. The number of anilines is 1. The van der Waals surface area contributed by atoms with Gasteiger partial charge in [0.05, 0.1) is 6.21 Å². The maximum atomic E-state index is 12.3. The number of hydrogen-bond donors (Lipinski definition) is 3. The number of para-hydroxylation sites is 1. The maximum absolute atomic E-state index is 12.3. The minimum atomic E-state index is -0.875. The minimum absolute atomic E-state index is 0.200. The summed E-state index contributed by atoms with van der Waals surface area (Å²) >= 11 is 0. The van der Waals surface area contributed by atoms with Gasteiger partial charge in [-0.05, 0) is 61.2 Å².